The van der Waals surface area contributed by atoms with Crippen LogP contribution in [0.5, 0.6) is 0 Å². The Morgan fingerprint density at radius 3 is 2.85 bits per heavy atom. The number of methoxy groups -OCH3 is 1. The standard InChI is InChI=1S/C20H24O7/c1-19-7-14(10-3-4-25-9-10)27-20(19)8-15(26-18(20)23)16-12(17(22)24-2)5-11(21)6-13(16)19/h3-4,9,11-16,21H,5-8H2,1-2H3/t11-,12+,13+,14+,15-,16-,19-,20-/m0/s1. The van der Waals surface area contributed by atoms with Gasteiger partial charge in [0.15, 0.2) is 5.60 Å². The summed E-state index contributed by atoms with van der Waals surface area (Å²) in [5, 5.41) is 10.5. The number of aliphatic hydroxyl groups is 1. The van der Waals surface area contributed by atoms with E-state index in [0.29, 0.717) is 25.7 Å². The summed E-state index contributed by atoms with van der Waals surface area (Å²) in [4.78, 5) is 25.5. The van der Waals surface area contributed by atoms with Crippen LogP contribution in [0.3, 0.4) is 0 Å². The first-order valence-electron chi connectivity index (χ1n) is 9.56. The van der Waals surface area contributed by atoms with E-state index in [-0.39, 0.29) is 36.0 Å². The highest BCUT2D eigenvalue weighted by Gasteiger charge is 2.76. The number of rotatable bonds is 2. The van der Waals surface area contributed by atoms with Crippen LogP contribution in [0.4, 0.5) is 0 Å². The normalized spacial score (nSPS) is 47.9. The Labute approximate surface area is 156 Å². The van der Waals surface area contributed by atoms with E-state index < -0.39 is 23.0 Å². The third-order valence-corrected chi connectivity index (χ3v) is 7.60. The molecule has 8 atom stereocenters. The average Bonchev–Trinajstić information content (AvgIpc) is 3.33. The van der Waals surface area contributed by atoms with Crippen molar-refractivity contribution < 1.29 is 33.3 Å². The van der Waals surface area contributed by atoms with Gasteiger partial charge in [-0.05, 0) is 31.2 Å². The molecule has 1 aromatic heterocycles. The molecule has 2 aliphatic heterocycles. The minimum Gasteiger partial charge on any atom is -0.472 e. The second-order valence-electron chi connectivity index (χ2n) is 8.70. The van der Waals surface area contributed by atoms with Gasteiger partial charge in [0.05, 0.1) is 37.8 Å². The van der Waals surface area contributed by atoms with Gasteiger partial charge in [-0.2, -0.15) is 0 Å². The van der Waals surface area contributed by atoms with Crippen molar-refractivity contribution in [1.82, 2.24) is 0 Å². The van der Waals surface area contributed by atoms with Gasteiger partial charge in [-0.15, -0.1) is 0 Å². The topological polar surface area (TPSA) is 95.2 Å². The molecule has 0 aromatic carbocycles. The van der Waals surface area contributed by atoms with Crippen molar-refractivity contribution in [2.24, 2.45) is 23.2 Å². The minimum absolute atomic E-state index is 0.0625. The van der Waals surface area contributed by atoms with Crippen LogP contribution in [0.1, 0.15) is 44.3 Å². The van der Waals surface area contributed by atoms with E-state index in [0.717, 1.165) is 5.56 Å². The Hall–Kier alpha value is -1.86. The molecule has 7 heteroatoms. The van der Waals surface area contributed by atoms with Crippen molar-refractivity contribution >= 4 is 11.9 Å². The Balaban J connectivity index is 1.59. The van der Waals surface area contributed by atoms with E-state index in [1.165, 1.54) is 7.11 Å². The fourth-order valence-electron chi connectivity index (χ4n) is 6.37. The van der Waals surface area contributed by atoms with Gasteiger partial charge < -0.3 is 23.7 Å². The highest BCUT2D eigenvalue weighted by molar-refractivity contribution is 5.85. The molecule has 1 aromatic rings. The monoisotopic (exact) mass is 376 g/mol. The Bertz CT molecular complexity index is 773. The third kappa shape index (κ3) is 2.10. The van der Waals surface area contributed by atoms with Crippen molar-refractivity contribution in [2.45, 2.75) is 56.5 Å². The molecule has 3 heterocycles. The lowest BCUT2D eigenvalue weighted by Crippen LogP contribution is -2.60. The molecule has 1 spiro atoms. The predicted molar refractivity (Wildman–Crippen MR) is 90.2 cm³/mol. The zero-order valence-corrected chi connectivity index (χ0v) is 15.4. The maximum atomic E-state index is 13.0. The third-order valence-electron chi connectivity index (χ3n) is 7.60. The summed E-state index contributed by atoms with van der Waals surface area (Å²) in [6, 6.07) is 1.85. The van der Waals surface area contributed by atoms with E-state index >= 15 is 0 Å². The molecule has 0 unspecified atom stereocenters. The number of carbonyl (C=O) groups excluding carboxylic acids is 2. The van der Waals surface area contributed by atoms with Crippen molar-refractivity contribution in [2.75, 3.05) is 7.11 Å². The summed E-state index contributed by atoms with van der Waals surface area (Å²) in [6.07, 6.45) is 3.93. The first-order valence-corrected chi connectivity index (χ1v) is 9.56. The number of aliphatic hydroxyl groups excluding tert-OH is 1. The molecule has 146 valence electrons. The van der Waals surface area contributed by atoms with Crippen molar-refractivity contribution in [3.05, 3.63) is 24.2 Å². The molecule has 0 radical (unpaired) electrons. The van der Waals surface area contributed by atoms with Crippen LogP contribution in [-0.4, -0.2) is 42.0 Å². The Morgan fingerprint density at radius 2 is 2.15 bits per heavy atom. The molecule has 2 bridgehead atoms. The number of hydrogen-bond acceptors (Lipinski definition) is 7. The van der Waals surface area contributed by atoms with E-state index in [2.05, 4.69) is 6.92 Å². The second-order valence-corrected chi connectivity index (χ2v) is 8.70. The van der Waals surface area contributed by atoms with Gasteiger partial charge in [-0.25, -0.2) is 4.79 Å². The van der Waals surface area contributed by atoms with E-state index in [9.17, 15) is 14.7 Å². The number of esters is 2. The summed E-state index contributed by atoms with van der Waals surface area (Å²) in [5.74, 6) is -1.37. The number of hydrogen-bond donors (Lipinski definition) is 1. The van der Waals surface area contributed by atoms with Crippen LogP contribution in [0, 0.1) is 23.2 Å². The molecule has 5 rings (SSSR count). The molecule has 2 aliphatic carbocycles. The Morgan fingerprint density at radius 1 is 1.33 bits per heavy atom. The molecule has 7 nitrogen and oxygen atoms in total. The minimum atomic E-state index is -1.03. The predicted octanol–water partition coefficient (Wildman–Crippen LogP) is 1.99. The molecule has 0 amide bonds. The molecule has 2 saturated carbocycles. The van der Waals surface area contributed by atoms with Gasteiger partial charge in [0.1, 0.15) is 6.10 Å². The highest BCUT2D eigenvalue weighted by Crippen LogP contribution is 2.69. The molecule has 4 aliphatic rings. The number of furan rings is 1. The zero-order chi connectivity index (χ0) is 19.0. The fraction of sp³-hybridized carbons (Fsp3) is 0.700. The van der Waals surface area contributed by atoms with Gasteiger partial charge in [-0.1, -0.05) is 6.92 Å². The summed E-state index contributed by atoms with van der Waals surface area (Å²) < 4.78 is 22.4. The smallest absolute Gasteiger partial charge is 0.339 e. The van der Waals surface area contributed by atoms with Gasteiger partial charge in [-0.3, -0.25) is 4.79 Å². The van der Waals surface area contributed by atoms with Crippen LogP contribution in [0.15, 0.2) is 23.0 Å². The molecule has 4 fully saturated rings. The molecular formula is C20H24O7. The van der Waals surface area contributed by atoms with E-state index in [1.54, 1.807) is 12.5 Å². The van der Waals surface area contributed by atoms with Gasteiger partial charge in [0, 0.05) is 23.3 Å². The Kier molecular flexibility index (Phi) is 3.56. The van der Waals surface area contributed by atoms with Gasteiger partial charge in [0.2, 0.25) is 0 Å². The summed E-state index contributed by atoms with van der Waals surface area (Å²) >= 11 is 0. The summed E-state index contributed by atoms with van der Waals surface area (Å²) in [6.45, 7) is 2.06. The summed E-state index contributed by atoms with van der Waals surface area (Å²) in [5.41, 5.74) is -0.663. The first kappa shape index (κ1) is 17.3. The lowest BCUT2D eigenvalue weighted by Gasteiger charge is -2.53. The first-order chi connectivity index (χ1) is 12.9. The average molecular weight is 376 g/mol. The second kappa shape index (κ2) is 5.58. The maximum Gasteiger partial charge on any atom is 0.339 e. The van der Waals surface area contributed by atoms with E-state index in [1.807, 2.05) is 6.07 Å². The van der Waals surface area contributed by atoms with Crippen molar-refractivity contribution in [1.29, 1.82) is 0 Å². The number of carbonyl (C=O) groups is 2. The fourth-order valence-corrected chi connectivity index (χ4v) is 6.37. The molecular weight excluding hydrogens is 352 g/mol. The zero-order valence-electron chi connectivity index (χ0n) is 15.4. The largest absolute Gasteiger partial charge is 0.472 e. The number of fused-ring (bicyclic) bond motifs is 4. The van der Waals surface area contributed by atoms with Crippen LogP contribution < -0.4 is 0 Å². The summed E-state index contributed by atoms with van der Waals surface area (Å²) in [7, 11) is 1.36. The lowest BCUT2D eigenvalue weighted by molar-refractivity contribution is -0.175. The number of ether oxygens (including phenoxy) is 3. The van der Waals surface area contributed by atoms with Crippen molar-refractivity contribution in [3.8, 4) is 0 Å². The van der Waals surface area contributed by atoms with Crippen molar-refractivity contribution in [3.63, 3.8) is 0 Å². The van der Waals surface area contributed by atoms with Crippen LogP contribution in [0.2, 0.25) is 0 Å². The van der Waals surface area contributed by atoms with Crippen LogP contribution in [-0.2, 0) is 23.8 Å². The van der Waals surface area contributed by atoms with E-state index in [4.69, 9.17) is 18.6 Å². The van der Waals surface area contributed by atoms with Gasteiger partial charge in [0.25, 0.3) is 0 Å². The molecule has 2 saturated heterocycles. The molecule has 1 N–H and O–H groups in total. The maximum absolute atomic E-state index is 13.0. The van der Waals surface area contributed by atoms with Gasteiger partial charge >= 0.3 is 11.9 Å². The highest BCUT2D eigenvalue weighted by atomic mass is 16.6. The quantitative estimate of drug-likeness (QED) is 0.789. The lowest BCUT2D eigenvalue weighted by atomic mass is 9.49. The van der Waals surface area contributed by atoms with Crippen LogP contribution >= 0.6 is 0 Å². The van der Waals surface area contributed by atoms with Crippen LogP contribution in [0.25, 0.3) is 0 Å². The molecule has 27 heavy (non-hydrogen) atoms. The SMILES string of the molecule is COC(=O)[C@@H]1C[C@H](O)C[C@@H]2[C@H]1[C@@H]1C[C@]3(O[C@@H](c4ccoc4)C[C@@]23C)C(=O)O1.